The average Bonchev–Trinajstić information content (AvgIpc) is 2.77. The largest absolute Gasteiger partial charge is 0.496 e. The number of hydrogen-bond acceptors (Lipinski definition) is 5. The fourth-order valence-electron chi connectivity index (χ4n) is 3.98. The highest BCUT2D eigenvalue weighted by Crippen LogP contribution is 2.20. The maximum absolute atomic E-state index is 9.58. The predicted octanol–water partition coefficient (Wildman–Crippen LogP) is 3.68. The molecule has 1 N–H and O–H groups in total. The molecule has 1 atom stereocenters. The molecule has 0 bridgehead atoms. The molecule has 0 radical (unpaired) electrons. The normalized spacial score (nSPS) is 18.0. The molecule has 3 rings (SSSR count). The maximum Gasteiger partial charge on any atom is 0.126 e. The summed E-state index contributed by atoms with van der Waals surface area (Å²) in [6.07, 6.45) is 5.13. The van der Waals surface area contributed by atoms with Crippen molar-refractivity contribution in [1.29, 1.82) is 0 Å². The van der Waals surface area contributed by atoms with E-state index in [0.29, 0.717) is 12.6 Å². The molecule has 5 nitrogen and oxygen atoms in total. The first kappa shape index (κ1) is 22.3. The van der Waals surface area contributed by atoms with Crippen molar-refractivity contribution < 1.29 is 14.6 Å². The van der Waals surface area contributed by atoms with Crippen molar-refractivity contribution >= 4 is 6.08 Å². The topological polar surface area (TPSA) is 45.2 Å². The Kier molecular flexibility index (Phi) is 8.75. The van der Waals surface area contributed by atoms with E-state index < -0.39 is 0 Å². The van der Waals surface area contributed by atoms with Crippen LogP contribution in [0.2, 0.25) is 0 Å². The molecule has 0 aromatic heterocycles. The number of hydrogen-bond donors (Lipinski definition) is 1. The Morgan fingerprint density at radius 2 is 1.90 bits per heavy atom. The summed E-state index contributed by atoms with van der Waals surface area (Å²) in [5.74, 6) is 1.81. The van der Waals surface area contributed by atoms with Gasteiger partial charge in [-0.2, -0.15) is 0 Å². The molecule has 0 spiro atoms. The van der Waals surface area contributed by atoms with Crippen molar-refractivity contribution in [2.45, 2.75) is 25.9 Å². The van der Waals surface area contributed by atoms with Crippen LogP contribution < -0.4 is 9.47 Å². The number of methoxy groups -OCH3 is 1. The Bertz CT molecular complexity index is 791. The van der Waals surface area contributed by atoms with Gasteiger partial charge in [0.2, 0.25) is 0 Å². The zero-order valence-corrected chi connectivity index (χ0v) is 18.2. The van der Waals surface area contributed by atoms with Gasteiger partial charge >= 0.3 is 0 Å². The van der Waals surface area contributed by atoms with Crippen LogP contribution >= 0.6 is 0 Å². The standard InChI is InChI=1S/C25H34N2O3/c1-3-30-24-12-10-21(11-13-24)19-27-17-16-26(20-23(27)14-18-28)15-6-8-22-7-4-5-9-25(22)29-2/h4-13,23,28H,3,14-20H2,1-2H3/b8-6+. The molecule has 0 aliphatic carbocycles. The van der Waals surface area contributed by atoms with Crippen LogP contribution in [0.1, 0.15) is 24.5 Å². The summed E-state index contributed by atoms with van der Waals surface area (Å²) in [6, 6.07) is 16.8. The molecule has 0 saturated carbocycles. The van der Waals surface area contributed by atoms with Gasteiger partial charge in [-0.15, -0.1) is 0 Å². The number of benzene rings is 2. The number of piperazine rings is 1. The predicted molar refractivity (Wildman–Crippen MR) is 122 cm³/mol. The molecule has 5 heteroatoms. The number of rotatable bonds is 10. The van der Waals surface area contributed by atoms with E-state index in [1.54, 1.807) is 7.11 Å². The summed E-state index contributed by atoms with van der Waals surface area (Å²) in [4.78, 5) is 4.95. The summed E-state index contributed by atoms with van der Waals surface area (Å²) in [5, 5.41) is 9.58. The highest BCUT2D eigenvalue weighted by Gasteiger charge is 2.26. The van der Waals surface area contributed by atoms with E-state index in [2.05, 4.69) is 40.2 Å². The Labute approximate surface area is 180 Å². The van der Waals surface area contributed by atoms with Crippen LogP contribution in [0.3, 0.4) is 0 Å². The lowest BCUT2D eigenvalue weighted by Crippen LogP contribution is -2.52. The number of aliphatic hydroxyl groups excluding tert-OH is 1. The van der Waals surface area contributed by atoms with E-state index in [0.717, 1.165) is 56.2 Å². The minimum atomic E-state index is 0.218. The number of aliphatic hydroxyl groups is 1. The second kappa shape index (κ2) is 11.7. The number of nitrogens with zero attached hydrogens (tertiary/aromatic N) is 2. The van der Waals surface area contributed by atoms with Gasteiger partial charge in [0.1, 0.15) is 11.5 Å². The second-order valence-electron chi connectivity index (χ2n) is 7.62. The molecule has 1 heterocycles. The molecule has 2 aromatic rings. The van der Waals surface area contributed by atoms with E-state index in [1.165, 1.54) is 5.56 Å². The lowest BCUT2D eigenvalue weighted by molar-refractivity contribution is 0.0597. The second-order valence-corrected chi connectivity index (χ2v) is 7.62. The zero-order chi connectivity index (χ0) is 21.2. The van der Waals surface area contributed by atoms with Gasteiger partial charge in [-0.25, -0.2) is 0 Å². The Hall–Kier alpha value is -2.34. The third-order valence-corrected chi connectivity index (χ3v) is 5.57. The molecular weight excluding hydrogens is 376 g/mol. The summed E-state index contributed by atoms with van der Waals surface area (Å²) in [5.41, 5.74) is 2.38. The molecule has 1 aliphatic heterocycles. The van der Waals surface area contributed by atoms with Crippen LogP contribution in [0, 0.1) is 0 Å². The lowest BCUT2D eigenvalue weighted by atomic mass is 10.1. The van der Waals surface area contributed by atoms with Crippen molar-refractivity contribution in [2.75, 3.05) is 46.5 Å². The quantitative estimate of drug-likeness (QED) is 0.647. The minimum absolute atomic E-state index is 0.218. The van der Waals surface area contributed by atoms with Crippen molar-refractivity contribution in [1.82, 2.24) is 9.80 Å². The molecule has 1 unspecified atom stereocenters. The smallest absolute Gasteiger partial charge is 0.126 e. The molecule has 30 heavy (non-hydrogen) atoms. The average molecular weight is 411 g/mol. The van der Waals surface area contributed by atoms with Gasteiger partial charge < -0.3 is 14.6 Å². The van der Waals surface area contributed by atoms with Gasteiger partial charge in [-0.1, -0.05) is 42.5 Å². The van der Waals surface area contributed by atoms with Gasteiger partial charge in [0, 0.05) is 50.9 Å². The van der Waals surface area contributed by atoms with Crippen molar-refractivity contribution in [2.24, 2.45) is 0 Å². The summed E-state index contributed by atoms with van der Waals surface area (Å²) in [7, 11) is 1.70. The number of para-hydroxylation sites is 1. The SMILES string of the molecule is CCOc1ccc(CN2CCN(C/C=C/c3ccccc3OC)CC2CCO)cc1. The van der Waals surface area contributed by atoms with E-state index in [-0.39, 0.29) is 6.61 Å². The van der Waals surface area contributed by atoms with Gasteiger partial charge in [-0.3, -0.25) is 9.80 Å². The zero-order valence-electron chi connectivity index (χ0n) is 18.2. The lowest BCUT2D eigenvalue weighted by Gasteiger charge is -2.41. The summed E-state index contributed by atoms with van der Waals surface area (Å²) < 4.78 is 11.0. The third kappa shape index (κ3) is 6.33. The van der Waals surface area contributed by atoms with Crippen LogP contribution in [-0.4, -0.2) is 67.5 Å². The van der Waals surface area contributed by atoms with Gasteiger partial charge in [0.25, 0.3) is 0 Å². The van der Waals surface area contributed by atoms with Gasteiger partial charge in [-0.05, 0) is 37.1 Å². The molecule has 0 amide bonds. The third-order valence-electron chi connectivity index (χ3n) is 5.57. The van der Waals surface area contributed by atoms with Crippen LogP contribution in [0.25, 0.3) is 6.08 Å². The monoisotopic (exact) mass is 410 g/mol. The number of ether oxygens (including phenoxy) is 2. The van der Waals surface area contributed by atoms with E-state index in [1.807, 2.05) is 37.3 Å². The highest BCUT2D eigenvalue weighted by molar-refractivity contribution is 5.57. The van der Waals surface area contributed by atoms with E-state index >= 15 is 0 Å². The summed E-state index contributed by atoms with van der Waals surface area (Å²) in [6.45, 7) is 7.70. The molecule has 1 fully saturated rings. The first-order valence-electron chi connectivity index (χ1n) is 10.8. The Balaban J connectivity index is 1.55. The molecule has 1 saturated heterocycles. The van der Waals surface area contributed by atoms with Crippen LogP contribution in [-0.2, 0) is 6.54 Å². The molecular formula is C25H34N2O3. The Morgan fingerprint density at radius 1 is 1.10 bits per heavy atom. The van der Waals surface area contributed by atoms with Crippen molar-refractivity contribution in [3.05, 3.63) is 65.7 Å². The molecule has 2 aromatic carbocycles. The van der Waals surface area contributed by atoms with Crippen LogP contribution in [0.4, 0.5) is 0 Å². The molecule has 1 aliphatic rings. The molecule has 162 valence electrons. The summed E-state index contributed by atoms with van der Waals surface area (Å²) >= 11 is 0. The fraction of sp³-hybridized carbons (Fsp3) is 0.440. The van der Waals surface area contributed by atoms with Crippen molar-refractivity contribution in [3.63, 3.8) is 0 Å². The fourth-order valence-corrected chi connectivity index (χ4v) is 3.98. The first-order valence-corrected chi connectivity index (χ1v) is 10.8. The maximum atomic E-state index is 9.58. The van der Waals surface area contributed by atoms with Crippen molar-refractivity contribution in [3.8, 4) is 11.5 Å². The van der Waals surface area contributed by atoms with Crippen LogP contribution in [0.15, 0.2) is 54.6 Å². The van der Waals surface area contributed by atoms with E-state index in [9.17, 15) is 5.11 Å². The minimum Gasteiger partial charge on any atom is -0.496 e. The van der Waals surface area contributed by atoms with Gasteiger partial charge in [0.15, 0.2) is 0 Å². The van der Waals surface area contributed by atoms with Gasteiger partial charge in [0.05, 0.1) is 13.7 Å². The van der Waals surface area contributed by atoms with E-state index in [4.69, 9.17) is 9.47 Å². The Morgan fingerprint density at radius 3 is 2.63 bits per heavy atom. The first-order chi connectivity index (χ1) is 14.7. The highest BCUT2D eigenvalue weighted by atomic mass is 16.5. The van der Waals surface area contributed by atoms with Crippen LogP contribution in [0.5, 0.6) is 11.5 Å².